The number of hydrogen-bond acceptors (Lipinski definition) is 2. The number of rotatable bonds is 8. The first-order chi connectivity index (χ1) is 14.3. The fraction of sp³-hybridized carbons (Fsp3) is 0.455. The molecule has 1 aromatic heterocycles. The number of amides is 3. The Kier molecular flexibility index (Phi) is 7.32. The van der Waals surface area contributed by atoms with Crippen molar-refractivity contribution in [3.8, 4) is 0 Å². The second kappa shape index (κ2) is 9.75. The second-order valence-corrected chi connectivity index (χ2v) is 8.98. The maximum Gasteiger partial charge on any atom is 0.322 e. The number of anilines is 1. The highest BCUT2D eigenvalue weighted by Gasteiger charge is 2.35. The van der Waals surface area contributed by atoms with Crippen LogP contribution in [0, 0.1) is 5.92 Å². The molecule has 0 unspecified atom stereocenters. The Morgan fingerprint density at radius 1 is 1.17 bits per heavy atom. The van der Waals surface area contributed by atoms with Crippen molar-refractivity contribution in [2.45, 2.75) is 39.3 Å². The lowest BCUT2D eigenvalue weighted by atomic mass is 10.2. The molecular weight excluding hydrogens is 423 g/mol. The molecule has 1 saturated carbocycles. The summed E-state index contributed by atoms with van der Waals surface area (Å²) in [6.07, 6.45) is 3.74. The van der Waals surface area contributed by atoms with Crippen LogP contribution in [0.5, 0.6) is 0 Å². The molecule has 1 aromatic carbocycles. The van der Waals surface area contributed by atoms with Gasteiger partial charge in [-0.05, 0) is 43.0 Å². The van der Waals surface area contributed by atoms with E-state index in [1.54, 1.807) is 23.1 Å². The summed E-state index contributed by atoms with van der Waals surface area (Å²) in [6.45, 7) is 5.32. The van der Waals surface area contributed by atoms with E-state index >= 15 is 0 Å². The van der Waals surface area contributed by atoms with Gasteiger partial charge in [-0.15, -0.1) is 0 Å². The molecule has 0 spiro atoms. The number of carbonyl (C=O) groups excluding carboxylic acids is 2. The van der Waals surface area contributed by atoms with E-state index in [9.17, 15) is 9.59 Å². The highest BCUT2D eigenvalue weighted by Crippen LogP contribution is 2.32. The zero-order chi connectivity index (χ0) is 21.8. The predicted molar refractivity (Wildman–Crippen MR) is 121 cm³/mol. The third-order valence-corrected chi connectivity index (χ3v) is 5.72. The monoisotopic (exact) mass is 450 g/mol. The van der Waals surface area contributed by atoms with Gasteiger partial charge in [0, 0.05) is 31.5 Å². The molecule has 0 saturated heterocycles. The van der Waals surface area contributed by atoms with Crippen molar-refractivity contribution >= 4 is 40.8 Å². The molecule has 0 bridgehead atoms. The molecule has 3 amide bonds. The van der Waals surface area contributed by atoms with Crippen molar-refractivity contribution in [2.75, 3.05) is 18.4 Å². The number of hydrogen-bond donors (Lipinski definition) is 1. The molecule has 3 rings (SSSR count). The third-order valence-electron chi connectivity index (χ3n) is 5.09. The second-order valence-electron chi connectivity index (χ2n) is 8.16. The molecule has 6 nitrogen and oxygen atoms in total. The van der Waals surface area contributed by atoms with Crippen molar-refractivity contribution in [3.63, 3.8) is 0 Å². The fourth-order valence-corrected chi connectivity index (χ4v) is 3.84. The van der Waals surface area contributed by atoms with Crippen LogP contribution in [0.25, 0.3) is 0 Å². The lowest BCUT2D eigenvalue weighted by molar-refractivity contribution is -0.133. The zero-order valence-corrected chi connectivity index (χ0v) is 19.1. The van der Waals surface area contributed by atoms with E-state index in [0.717, 1.165) is 18.5 Å². The van der Waals surface area contributed by atoms with Crippen molar-refractivity contribution < 1.29 is 9.59 Å². The van der Waals surface area contributed by atoms with E-state index in [4.69, 9.17) is 23.2 Å². The van der Waals surface area contributed by atoms with Crippen LogP contribution in [-0.4, -0.2) is 45.4 Å². The minimum Gasteiger partial charge on any atom is -0.353 e. The van der Waals surface area contributed by atoms with Crippen LogP contribution in [-0.2, 0) is 18.4 Å². The van der Waals surface area contributed by atoms with Crippen LogP contribution in [0.1, 0.15) is 32.4 Å². The molecule has 1 heterocycles. The zero-order valence-electron chi connectivity index (χ0n) is 17.6. The maximum absolute atomic E-state index is 13.2. The third kappa shape index (κ3) is 5.70. The largest absolute Gasteiger partial charge is 0.353 e. The number of para-hydroxylation sites is 1. The predicted octanol–water partition coefficient (Wildman–Crippen LogP) is 5.01. The Bertz CT molecular complexity index is 888. The molecule has 0 aliphatic heterocycles. The number of benzene rings is 1. The van der Waals surface area contributed by atoms with Crippen molar-refractivity contribution in [1.82, 2.24) is 14.4 Å². The van der Waals surface area contributed by atoms with Gasteiger partial charge in [-0.3, -0.25) is 4.79 Å². The minimum atomic E-state index is -0.357. The van der Waals surface area contributed by atoms with Crippen LogP contribution >= 0.6 is 23.2 Å². The molecule has 30 heavy (non-hydrogen) atoms. The van der Waals surface area contributed by atoms with Crippen LogP contribution in [0.4, 0.5) is 10.5 Å². The van der Waals surface area contributed by atoms with Crippen LogP contribution in [0.15, 0.2) is 36.5 Å². The van der Waals surface area contributed by atoms with Crippen LogP contribution in [0.3, 0.4) is 0 Å². The molecule has 162 valence electrons. The first-order valence-electron chi connectivity index (χ1n) is 10.2. The smallest absolute Gasteiger partial charge is 0.322 e. The summed E-state index contributed by atoms with van der Waals surface area (Å²) in [5, 5.41) is 3.52. The van der Waals surface area contributed by atoms with Gasteiger partial charge in [0.05, 0.1) is 22.3 Å². The van der Waals surface area contributed by atoms with Crippen molar-refractivity contribution in [2.24, 2.45) is 13.0 Å². The minimum absolute atomic E-state index is 0.0235. The van der Waals surface area contributed by atoms with E-state index in [1.807, 2.05) is 34.8 Å². The molecule has 2 aromatic rings. The molecular formula is C22H28Cl2N4O2. The van der Waals surface area contributed by atoms with Gasteiger partial charge in [0.15, 0.2) is 0 Å². The standard InChI is InChI=1S/C22H28Cl2N4O2/c1-15(2)12-27(13-17-6-5-11-26(17)3)20(29)14-28(16-9-10-16)22(30)25-21-18(23)7-4-8-19(21)24/h4-8,11,15-16H,9-10,12-14H2,1-3H3,(H,25,30). The Morgan fingerprint density at radius 3 is 2.37 bits per heavy atom. The summed E-state index contributed by atoms with van der Waals surface area (Å²) in [5.41, 5.74) is 1.42. The number of nitrogens with one attached hydrogen (secondary N) is 1. The summed E-state index contributed by atoms with van der Waals surface area (Å²) in [4.78, 5) is 29.6. The van der Waals surface area contributed by atoms with Gasteiger partial charge >= 0.3 is 6.03 Å². The van der Waals surface area contributed by atoms with E-state index in [0.29, 0.717) is 34.7 Å². The summed E-state index contributed by atoms with van der Waals surface area (Å²) in [7, 11) is 1.96. The molecule has 0 atom stereocenters. The molecule has 1 N–H and O–H groups in total. The molecule has 1 aliphatic rings. The number of urea groups is 1. The number of aryl methyl sites for hydroxylation is 1. The highest BCUT2D eigenvalue weighted by molar-refractivity contribution is 6.39. The van der Waals surface area contributed by atoms with Gasteiger partial charge < -0.3 is 19.7 Å². The average Bonchev–Trinajstić information content (AvgIpc) is 3.44. The molecule has 0 radical (unpaired) electrons. The van der Waals surface area contributed by atoms with Gasteiger partial charge in [-0.1, -0.05) is 43.1 Å². The quantitative estimate of drug-likeness (QED) is 0.613. The number of halogens is 2. The Hall–Kier alpha value is -2.18. The van der Waals surface area contributed by atoms with Gasteiger partial charge in [0.2, 0.25) is 5.91 Å². The van der Waals surface area contributed by atoms with Crippen LogP contribution in [0.2, 0.25) is 10.0 Å². The topological polar surface area (TPSA) is 57.6 Å². The molecule has 1 aliphatic carbocycles. The van der Waals surface area contributed by atoms with E-state index in [-0.39, 0.29) is 24.5 Å². The summed E-state index contributed by atoms with van der Waals surface area (Å²) < 4.78 is 2.01. The first kappa shape index (κ1) is 22.5. The normalized spacial score (nSPS) is 13.4. The number of nitrogens with zero attached hydrogens (tertiary/aromatic N) is 3. The summed E-state index contributed by atoms with van der Waals surface area (Å²) in [6, 6.07) is 8.72. The average molecular weight is 451 g/mol. The maximum atomic E-state index is 13.2. The van der Waals surface area contributed by atoms with Gasteiger partial charge in [-0.25, -0.2) is 4.79 Å². The highest BCUT2D eigenvalue weighted by atomic mass is 35.5. The van der Waals surface area contributed by atoms with Crippen molar-refractivity contribution in [1.29, 1.82) is 0 Å². The van der Waals surface area contributed by atoms with Gasteiger partial charge in [0.1, 0.15) is 6.54 Å². The number of aromatic nitrogens is 1. The van der Waals surface area contributed by atoms with Crippen LogP contribution < -0.4 is 5.32 Å². The first-order valence-corrected chi connectivity index (χ1v) is 10.9. The Labute approximate surface area is 187 Å². The van der Waals surface area contributed by atoms with E-state index in [2.05, 4.69) is 19.2 Å². The Balaban J connectivity index is 1.73. The molecule has 8 heteroatoms. The Morgan fingerprint density at radius 2 is 1.83 bits per heavy atom. The SMILES string of the molecule is CC(C)CN(Cc1cccn1C)C(=O)CN(C(=O)Nc1c(Cl)cccc1Cl)C1CC1. The summed E-state index contributed by atoms with van der Waals surface area (Å²) >= 11 is 12.4. The van der Waals surface area contributed by atoms with E-state index in [1.165, 1.54) is 0 Å². The lowest BCUT2D eigenvalue weighted by Crippen LogP contribution is -2.46. The van der Waals surface area contributed by atoms with E-state index < -0.39 is 0 Å². The lowest BCUT2D eigenvalue weighted by Gasteiger charge is -2.29. The van der Waals surface area contributed by atoms with Gasteiger partial charge in [0.25, 0.3) is 0 Å². The van der Waals surface area contributed by atoms with Crippen molar-refractivity contribution in [3.05, 3.63) is 52.3 Å². The summed E-state index contributed by atoms with van der Waals surface area (Å²) in [5.74, 6) is 0.247. The molecule has 1 fully saturated rings. The van der Waals surface area contributed by atoms with Gasteiger partial charge in [-0.2, -0.15) is 0 Å². The fourth-order valence-electron chi connectivity index (χ4n) is 3.35. The number of carbonyl (C=O) groups is 2.